The third-order valence-corrected chi connectivity index (χ3v) is 4.77. The summed E-state index contributed by atoms with van der Waals surface area (Å²) in [6.45, 7) is 3.92. The summed E-state index contributed by atoms with van der Waals surface area (Å²) in [5, 5.41) is 7.91. The molecule has 138 valence electrons. The third kappa shape index (κ3) is 9.21. The highest BCUT2D eigenvalue weighted by molar-refractivity contribution is 14.0. The Morgan fingerprint density at radius 3 is 2.48 bits per heavy atom. The van der Waals surface area contributed by atoms with Crippen LogP contribution in [0.3, 0.4) is 0 Å². The minimum Gasteiger partial charge on any atom is -0.356 e. The van der Waals surface area contributed by atoms with Crippen molar-refractivity contribution in [1.82, 2.24) is 15.6 Å². The van der Waals surface area contributed by atoms with Gasteiger partial charge >= 0.3 is 0 Å². The summed E-state index contributed by atoms with van der Waals surface area (Å²) in [7, 11) is 1.82. The van der Waals surface area contributed by atoms with Crippen molar-refractivity contribution in [2.24, 2.45) is 4.99 Å². The highest BCUT2D eigenvalue weighted by Gasteiger charge is 2.01. The van der Waals surface area contributed by atoms with Crippen LogP contribution in [0.25, 0.3) is 0 Å². The van der Waals surface area contributed by atoms with E-state index in [0.717, 1.165) is 25.5 Å². The van der Waals surface area contributed by atoms with Crippen LogP contribution < -0.4 is 10.6 Å². The zero-order valence-electron chi connectivity index (χ0n) is 15.1. The number of unbranched alkanes of at least 4 members (excludes halogenated alkanes) is 2. The van der Waals surface area contributed by atoms with Crippen LogP contribution in [0, 0.1) is 6.92 Å². The number of hydrogen-bond acceptors (Lipinski definition) is 3. The summed E-state index contributed by atoms with van der Waals surface area (Å²) >= 11 is 1.76. The van der Waals surface area contributed by atoms with E-state index >= 15 is 0 Å². The molecular weight excluding hydrogens is 443 g/mol. The molecule has 1 heterocycles. The maximum atomic E-state index is 4.38. The van der Waals surface area contributed by atoms with Crippen LogP contribution in [0.4, 0.5) is 0 Å². The average molecular weight is 472 g/mol. The summed E-state index contributed by atoms with van der Waals surface area (Å²) in [6.07, 6.45) is 7.68. The monoisotopic (exact) mass is 472 g/mol. The number of thiazole rings is 1. The van der Waals surface area contributed by atoms with Gasteiger partial charge in [-0.1, -0.05) is 36.8 Å². The van der Waals surface area contributed by atoms with Gasteiger partial charge in [0.05, 0.1) is 5.01 Å². The first kappa shape index (κ1) is 21.9. The molecule has 0 saturated carbocycles. The molecule has 0 radical (unpaired) electrons. The third-order valence-electron chi connectivity index (χ3n) is 3.80. The van der Waals surface area contributed by atoms with Crippen molar-refractivity contribution in [1.29, 1.82) is 0 Å². The second-order valence-corrected chi connectivity index (χ2v) is 7.16. The molecule has 25 heavy (non-hydrogen) atoms. The lowest BCUT2D eigenvalue weighted by Crippen LogP contribution is -2.38. The largest absolute Gasteiger partial charge is 0.356 e. The van der Waals surface area contributed by atoms with Crippen molar-refractivity contribution in [3.05, 3.63) is 52.0 Å². The number of rotatable bonds is 9. The second kappa shape index (κ2) is 13.1. The normalized spacial score (nSPS) is 11.0. The summed E-state index contributed by atoms with van der Waals surface area (Å²) < 4.78 is 0. The minimum absolute atomic E-state index is 0. The topological polar surface area (TPSA) is 49.3 Å². The highest BCUT2D eigenvalue weighted by Crippen LogP contribution is 2.10. The molecule has 0 fully saturated rings. The molecule has 0 bridgehead atoms. The Bertz CT molecular complexity index is 613. The first-order valence-corrected chi connectivity index (χ1v) is 9.49. The summed E-state index contributed by atoms with van der Waals surface area (Å²) in [5.74, 6) is 0.881. The van der Waals surface area contributed by atoms with Gasteiger partial charge in [0.2, 0.25) is 0 Å². The van der Waals surface area contributed by atoms with Gasteiger partial charge in [-0.2, -0.15) is 0 Å². The average Bonchev–Trinajstić information content (AvgIpc) is 3.02. The SMILES string of the molecule is CN=C(NCCCCCc1ccccc1)NCCc1ncc(C)s1.I. The molecular formula is C19H29IN4S. The van der Waals surface area contributed by atoms with Gasteiger partial charge in [-0.15, -0.1) is 35.3 Å². The van der Waals surface area contributed by atoms with Gasteiger partial charge in [-0.05, 0) is 31.7 Å². The summed E-state index contributed by atoms with van der Waals surface area (Å²) in [4.78, 5) is 9.91. The van der Waals surface area contributed by atoms with Gasteiger partial charge < -0.3 is 10.6 Å². The van der Waals surface area contributed by atoms with E-state index in [2.05, 4.69) is 57.9 Å². The van der Waals surface area contributed by atoms with Crippen LogP contribution in [-0.2, 0) is 12.8 Å². The number of benzene rings is 1. The van der Waals surface area contributed by atoms with Crippen molar-refractivity contribution in [2.75, 3.05) is 20.1 Å². The number of hydrogen-bond donors (Lipinski definition) is 2. The van der Waals surface area contributed by atoms with Crippen molar-refractivity contribution >= 4 is 41.3 Å². The molecule has 1 aromatic heterocycles. The zero-order chi connectivity index (χ0) is 17.0. The Labute approximate surface area is 172 Å². The molecule has 0 amide bonds. The Balaban J connectivity index is 0.00000312. The molecule has 4 nitrogen and oxygen atoms in total. The van der Waals surface area contributed by atoms with Crippen LogP contribution in [0.1, 0.15) is 34.7 Å². The highest BCUT2D eigenvalue weighted by atomic mass is 127. The Kier molecular flexibility index (Phi) is 11.5. The number of nitrogens with zero attached hydrogens (tertiary/aromatic N) is 2. The molecule has 1 aromatic carbocycles. The van der Waals surface area contributed by atoms with Crippen LogP contribution in [0.15, 0.2) is 41.5 Å². The van der Waals surface area contributed by atoms with E-state index in [1.807, 2.05) is 13.2 Å². The predicted octanol–water partition coefficient (Wildman–Crippen LogP) is 4.19. The fraction of sp³-hybridized carbons (Fsp3) is 0.474. The number of aromatic nitrogens is 1. The molecule has 0 aliphatic rings. The molecule has 0 spiro atoms. The lowest BCUT2D eigenvalue weighted by atomic mass is 10.1. The summed E-state index contributed by atoms with van der Waals surface area (Å²) in [5.41, 5.74) is 1.43. The molecule has 0 aliphatic heterocycles. The lowest BCUT2D eigenvalue weighted by molar-refractivity contribution is 0.655. The number of aliphatic imine (C=N–C) groups is 1. The molecule has 6 heteroatoms. The van der Waals surface area contributed by atoms with E-state index in [1.165, 1.54) is 41.1 Å². The predicted molar refractivity (Wildman–Crippen MR) is 119 cm³/mol. The fourth-order valence-corrected chi connectivity index (χ4v) is 3.29. The van der Waals surface area contributed by atoms with E-state index in [9.17, 15) is 0 Å². The molecule has 0 unspecified atom stereocenters. The van der Waals surface area contributed by atoms with Crippen molar-refractivity contribution < 1.29 is 0 Å². The number of halogens is 1. The van der Waals surface area contributed by atoms with Crippen LogP contribution in [0.5, 0.6) is 0 Å². The molecule has 2 rings (SSSR count). The molecule has 0 saturated heterocycles. The standard InChI is InChI=1S/C19H28N4S.HI/c1-16-15-23-18(24-16)12-14-22-19(20-2)21-13-8-4-7-11-17-9-5-3-6-10-17;/h3,5-6,9-10,15H,4,7-8,11-14H2,1-2H3,(H2,20,21,22);1H. The number of nitrogens with one attached hydrogen (secondary N) is 2. The smallest absolute Gasteiger partial charge is 0.190 e. The molecule has 0 aliphatic carbocycles. The maximum Gasteiger partial charge on any atom is 0.190 e. The van der Waals surface area contributed by atoms with Gasteiger partial charge in [-0.3, -0.25) is 4.99 Å². The Morgan fingerprint density at radius 2 is 1.80 bits per heavy atom. The van der Waals surface area contributed by atoms with E-state index in [1.54, 1.807) is 11.3 Å². The van der Waals surface area contributed by atoms with Crippen molar-refractivity contribution in [2.45, 2.75) is 39.0 Å². The van der Waals surface area contributed by atoms with Gasteiger partial charge in [0.1, 0.15) is 0 Å². The molecule has 2 aromatic rings. The van der Waals surface area contributed by atoms with Crippen molar-refractivity contribution in [3.63, 3.8) is 0 Å². The first-order chi connectivity index (χ1) is 11.8. The number of aryl methyl sites for hydroxylation is 2. The Hall–Kier alpha value is -1.15. The van der Waals surface area contributed by atoms with E-state index < -0.39 is 0 Å². The molecule has 2 N–H and O–H groups in total. The van der Waals surface area contributed by atoms with Crippen LogP contribution in [-0.4, -0.2) is 31.1 Å². The fourth-order valence-electron chi connectivity index (χ4n) is 2.51. The van der Waals surface area contributed by atoms with Crippen molar-refractivity contribution in [3.8, 4) is 0 Å². The van der Waals surface area contributed by atoms with E-state index in [0.29, 0.717) is 0 Å². The van der Waals surface area contributed by atoms with E-state index in [4.69, 9.17) is 0 Å². The number of guanidine groups is 1. The lowest BCUT2D eigenvalue weighted by Gasteiger charge is -2.11. The van der Waals surface area contributed by atoms with E-state index in [-0.39, 0.29) is 24.0 Å². The second-order valence-electron chi connectivity index (χ2n) is 5.84. The van der Waals surface area contributed by atoms with Crippen LogP contribution in [0.2, 0.25) is 0 Å². The van der Waals surface area contributed by atoms with Crippen LogP contribution >= 0.6 is 35.3 Å². The summed E-state index contributed by atoms with van der Waals surface area (Å²) in [6, 6.07) is 10.7. The zero-order valence-corrected chi connectivity index (χ0v) is 18.3. The van der Waals surface area contributed by atoms with Gasteiger partial charge in [-0.25, -0.2) is 4.98 Å². The first-order valence-electron chi connectivity index (χ1n) is 8.67. The van der Waals surface area contributed by atoms with Gasteiger partial charge in [0.15, 0.2) is 5.96 Å². The molecule has 0 atom stereocenters. The van der Waals surface area contributed by atoms with Gasteiger partial charge in [0.25, 0.3) is 0 Å². The quantitative estimate of drug-likeness (QED) is 0.249. The Morgan fingerprint density at radius 1 is 1.04 bits per heavy atom. The minimum atomic E-state index is 0. The maximum absolute atomic E-state index is 4.38. The van der Waals surface area contributed by atoms with Gasteiger partial charge in [0, 0.05) is 37.6 Å².